The van der Waals surface area contributed by atoms with Gasteiger partial charge in [-0.05, 0) is 12.8 Å². The molecule has 1 fully saturated rings. The third kappa shape index (κ3) is 2.44. The van der Waals surface area contributed by atoms with Gasteiger partial charge in [-0.15, -0.1) is 0 Å². The van der Waals surface area contributed by atoms with Crippen LogP contribution >= 0.6 is 0 Å². The first kappa shape index (κ1) is 11.4. The maximum atomic E-state index is 11.5. The van der Waals surface area contributed by atoms with Crippen LogP contribution in [0, 0.1) is 11.3 Å². The lowest BCUT2D eigenvalue weighted by Crippen LogP contribution is -2.46. The van der Waals surface area contributed by atoms with Crippen LogP contribution in [0.25, 0.3) is 0 Å². The van der Waals surface area contributed by atoms with Gasteiger partial charge in [0.2, 0.25) is 10.0 Å². The van der Waals surface area contributed by atoms with E-state index in [2.05, 4.69) is 0 Å². The minimum absolute atomic E-state index is 0.000463. The first-order chi connectivity index (χ1) is 6.61. The van der Waals surface area contributed by atoms with Crippen LogP contribution in [0.4, 0.5) is 0 Å². The summed E-state index contributed by atoms with van der Waals surface area (Å²) in [7, 11) is -3.48. The minimum atomic E-state index is -3.48. The molecule has 0 heterocycles. The average Bonchev–Trinajstić information content (AvgIpc) is 2.00. The molecule has 0 aromatic heterocycles. The van der Waals surface area contributed by atoms with Crippen LogP contribution in [-0.4, -0.2) is 42.8 Å². The summed E-state index contributed by atoms with van der Waals surface area (Å²) in [5, 5.41) is 17.1. The fourth-order valence-electron chi connectivity index (χ4n) is 1.49. The van der Waals surface area contributed by atoms with Gasteiger partial charge in [-0.2, -0.15) is 9.57 Å². The van der Waals surface area contributed by atoms with Crippen LogP contribution < -0.4 is 0 Å². The predicted octanol–water partition coefficient (Wildman–Crippen LogP) is -0.313. The Morgan fingerprint density at radius 1 is 1.50 bits per heavy atom. The normalized spacial score (nSPS) is 17.8. The molecule has 0 aromatic carbocycles. The summed E-state index contributed by atoms with van der Waals surface area (Å²) in [5.41, 5.74) is 0. The van der Waals surface area contributed by atoms with Crippen LogP contribution in [0.15, 0.2) is 0 Å². The van der Waals surface area contributed by atoms with E-state index in [1.165, 1.54) is 4.31 Å². The molecule has 0 spiro atoms. The highest BCUT2D eigenvalue weighted by Gasteiger charge is 2.32. The molecule has 0 radical (unpaired) electrons. The van der Waals surface area contributed by atoms with Gasteiger partial charge in [-0.25, -0.2) is 8.42 Å². The average molecular weight is 218 g/mol. The first-order valence-corrected chi connectivity index (χ1v) is 6.20. The van der Waals surface area contributed by atoms with E-state index in [4.69, 9.17) is 10.4 Å². The molecule has 1 N–H and O–H groups in total. The molecule has 0 aliphatic heterocycles. The second kappa shape index (κ2) is 4.73. The fourth-order valence-corrected chi connectivity index (χ4v) is 2.84. The zero-order valence-electron chi connectivity index (χ0n) is 7.89. The van der Waals surface area contributed by atoms with Gasteiger partial charge >= 0.3 is 0 Å². The molecule has 1 aliphatic carbocycles. The minimum Gasteiger partial charge on any atom is -0.395 e. The third-order valence-electron chi connectivity index (χ3n) is 2.41. The van der Waals surface area contributed by atoms with Crippen molar-refractivity contribution in [1.29, 1.82) is 5.26 Å². The molecule has 0 amide bonds. The van der Waals surface area contributed by atoms with Crippen LogP contribution in [0.2, 0.25) is 0 Å². The Balaban J connectivity index is 2.71. The van der Waals surface area contributed by atoms with Gasteiger partial charge in [0.15, 0.2) is 5.75 Å². The zero-order valence-corrected chi connectivity index (χ0v) is 8.70. The quantitative estimate of drug-likeness (QED) is 0.686. The topological polar surface area (TPSA) is 81.4 Å². The molecule has 0 bridgehead atoms. The largest absolute Gasteiger partial charge is 0.395 e. The smallest absolute Gasteiger partial charge is 0.227 e. The molecule has 14 heavy (non-hydrogen) atoms. The highest BCUT2D eigenvalue weighted by Crippen LogP contribution is 2.26. The Morgan fingerprint density at radius 2 is 2.14 bits per heavy atom. The third-order valence-corrected chi connectivity index (χ3v) is 4.10. The van der Waals surface area contributed by atoms with Crippen molar-refractivity contribution < 1.29 is 13.5 Å². The second-order valence-corrected chi connectivity index (χ2v) is 5.25. The summed E-state index contributed by atoms with van der Waals surface area (Å²) < 4.78 is 24.4. The molecule has 6 heteroatoms. The van der Waals surface area contributed by atoms with Crippen molar-refractivity contribution in [2.75, 3.05) is 18.9 Å². The van der Waals surface area contributed by atoms with Gasteiger partial charge in [-0.1, -0.05) is 6.42 Å². The van der Waals surface area contributed by atoms with Crippen molar-refractivity contribution in [3.63, 3.8) is 0 Å². The van der Waals surface area contributed by atoms with Crippen LogP contribution in [0.3, 0.4) is 0 Å². The Morgan fingerprint density at radius 3 is 2.50 bits per heavy atom. The maximum Gasteiger partial charge on any atom is 0.227 e. The monoisotopic (exact) mass is 218 g/mol. The number of nitrogens with zero attached hydrogens (tertiary/aromatic N) is 2. The van der Waals surface area contributed by atoms with E-state index in [9.17, 15) is 8.42 Å². The SMILES string of the molecule is N#CCS(=O)(=O)N(CCO)C1CCC1. The Kier molecular flexibility index (Phi) is 3.86. The summed E-state index contributed by atoms with van der Waals surface area (Å²) in [6, 6.07) is 1.64. The molecule has 0 atom stereocenters. The van der Waals surface area contributed by atoms with Gasteiger partial charge in [-0.3, -0.25) is 0 Å². The summed E-state index contributed by atoms with van der Waals surface area (Å²) in [6.07, 6.45) is 2.70. The van der Waals surface area contributed by atoms with Crippen LogP contribution in [0.1, 0.15) is 19.3 Å². The number of hydrogen-bond donors (Lipinski definition) is 1. The summed E-state index contributed by atoms with van der Waals surface area (Å²) in [4.78, 5) is 0. The van der Waals surface area contributed by atoms with Crippen molar-refractivity contribution in [1.82, 2.24) is 4.31 Å². The summed E-state index contributed by atoms with van der Waals surface area (Å²) in [5.74, 6) is -0.497. The van der Waals surface area contributed by atoms with Crippen molar-refractivity contribution in [3.8, 4) is 6.07 Å². The van der Waals surface area contributed by atoms with Crippen molar-refractivity contribution >= 4 is 10.0 Å². The van der Waals surface area contributed by atoms with E-state index in [1.54, 1.807) is 6.07 Å². The van der Waals surface area contributed by atoms with E-state index < -0.39 is 15.8 Å². The molecule has 1 saturated carbocycles. The summed E-state index contributed by atoms with van der Waals surface area (Å²) in [6.45, 7) is -0.0875. The number of sulfonamides is 1. The number of aliphatic hydroxyl groups excluding tert-OH is 1. The highest BCUT2D eigenvalue weighted by molar-refractivity contribution is 7.89. The number of nitriles is 1. The van der Waals surface area contributed by atoms with E-state index >= 15 is 0 Å². The zero-order chi connectivity index (χ0) is 10.6. The molecular formula is C8H14N2O3S. The molecule has 80 valence electrons. The van der Waals surface area contributed by atoms with Gasteiger partial charge in [0.05, 0.1) is 12.7 Å². The van der Waals surface area contributed by atoms with E-state index in [0.29, 0.717) is 0 Å². The maximum absolute atomic E-state index is 11.5. The molecular weight excluding hydrogens is 204 g/mol. The molecule has 0 saturated heterocycles. The van der Waals surface area contributed by atoms with Gasteiger partial charge < -0.3 is 5.11 Å². The van der Waals surface area contributed by atoms with Crippen molar-refractivity contribution in [2.45, 2.75) is 25.3 Å². The molecule has 5 nitrogen and oxygen atoms in total. The Hall–Kier alpha value is -0.640. The van der Waals surface area contributed by atoms with Crippen LogP contribution in [-0.2, 0) is 10.0 Å². The molecule has 1 aliphatic rings. The number of hydrogen-bond acceptors (Lipinski definition) is 4. The lowest BCUT2D eigenvalue weighted by molar-refractivity contribution is 0.178. The predicted molar refractivity (Wildman–Crippen MR) is 50.8 cm³/mol. The summed E-state index contributed by atoms with van der Waals surface area (Å²) >= 11 is 0. The first-order valence-electron chi connectivity index (χ1n) is 4.59. The van der Waals surface area contributed by atoms with E-state index in [1.807, 2.05) is 0 Å². The lowest BCUT2D eigenvalue weighted by Gasteiger charge is -2.35. The van der Waals surface area contributed by atoms with E-state index in [0.717, 1.165) is 19.3 Å². The standard InChI is InChI=1S/C8H14N2O3S/c9-4-7-14(12,13)10(5-6-11)8-2-1-3-8/h8,11H,1-3,5-7H2. The Bertz CT molecular complexity index is 316. The number of rotatable bonds is 5. The van der Waals surface area contributed by atoms with Gasteiger partial charge in [0.1, 0.15) is 0 Å². The molecule has 1 rings (SSSR count). The van der Waals surface area contributed by atoms with E-state index in [-0.39, 0.29) is 19.2 Å². The van der Waals surface area contributed by atoms with Crippen molar-refractivity contribution in [2.24, 2.45) is 0 Å². The number of aliphatic hydroxyl groups is 1. The lowest BCUT2D eigenvalue weighted by atomic mass is 9.93. The fraction of sp³-hybridized carbons (Fsp3) is 0.875. The van der Waals surface area contributed by atoms with Crippen LogP contribution in [0.5, 0.6) is 0 Å². The van der Waals surface area contributed by atoms with Gasteiger partial charge in [0.25, 0.3) is 0 Å². The van der Waals surface area contributed by atoms with Gasteiger partial charge in [0, 0.05) is 12.6 Å². The Labute approximate surface area is 84.0 Å². The van der Waals surface area contributed by atoms with Crippen molar-refractivity contribution in [3.05, 3.63) is 0 Å². The molecule has 0 unspecified atom stereocenters. The second-order valence-electron chi connectivity index (χ2n) is 3.33. The molecule has 0 aromatic rings. The highest BCUT2D eigenvalue weighted by atomic mass is 32.2.